The Bertz CT molecular complexity index is 512. The van der Waals surface area contributed by atoms with Gasteiger partial charge in [0.25, 0.3) is 0 Å². The Kier molecular flexibility index (Phi) is 5.19. The fourth-order valence-electron chi connectivity index (χ4n) is 2.72. The number of anilines is 1. The van der Waals surface area contributed by atoms with E-state index in [4.69, 9.17) is 0 Å². The number of nitrogens with zero attached hydrogens (tertiary/aromatic N) is 2. The molecule has 2 amide bonds. The van der Waals surface area contributed by atoms with Gasteiger partial charge in [-0.15, -0.1) is 12.4 Å². The molecular formula is C13H20ClN5O2. The Morgan fingerprint density at radius 3 is 2.71 bits per heavy atom. The van der Waals surface area contributed by atoms with Gasteiger partial charge in [0.1, 0.15) is 6.04 Å². The van der Waals surface area contributed by atoms with E-state index in [-0.39, 0.29) is 30.3 Å². The van der Waals surface area contributed by atoms with Crippen LogP contribution in [-0.2, 0) is 9.59 Å². The van der Waals surface area contributed by atoms with E-state index in [2.05, 4.69) is 21.0 Å². The molecule has 1 aromatic rings. The highest BCUT2D eigenvalue weighted by Crippen LogP contribution is 2.20. The van der Waals surface area contributed by atoms with Crippen LogP contribution >= 0.6 is 12.4 Å². The van der Waals surface area contributed by atoms with E-state index in [0.29, 0.717) is 18.9 Å². The molecule has 0 radical (unpaired) electrons. The average Bonchev–Trinajstić information content (AvgIpc) is 2.92. The molecule has 3 rings (SSSR count). The Hall–Kier alpha value is -1.60. The molecular weight excluding hydrogens is 294 g/mol. The number of halogens is 1. The van der Waals surface area contributed by atoms with Gasteiger partial charge >= 0.3 is 0 Å². The van der Waals surface area contributed by atoms with Crippen molar-refractivity contribution in [3.05, 3.63) is 12.4 Å². The summed E-state index contributed by atoms with van der Waals surface area (Å²) in [6.45, 7) is 2.03. The average molecular weight is 314 g/mol. The summed E-state index contributed by atoms with van der Waals surface area (Å²) >= 11 is 0. The van der Waals surface area contributed by atoms with Gasteiger partial charge in [0.05, 0.1) is 17.9 Å². The molecule has 8 heteroatoms. The molecule has 2 saturated heterocycles. The molecule has 0 aliphatic carbocycles. The van der Waals surface area contributed by atoms with Crippen molar-refractivity contribution in [2.24, 2.45) is 0 Å². The number of hydrogen-bond donors (Lipinski definition) is 3. The van der Waals surface area contributed by atoms with E-state index >= 15 is 0 Å². The molecule has 1 aromatic heterocycles. The van der Waals surface area contributed by atoms with E-state index in [1.54, 1.807) is 6.20 Å². The second kappa shape index (κ2) is 6.91. The van der Waals surface area contributed by atoms with Gasteiger partial charge in [-0.3, -0.25) is 19.6 Å². The Labute approximate surface area is 129 Å². The highest BCUT2D eigenvalue weighted by molar-refractivity contribution is 6.01. The molecule has 1 unspecified atom stereocenters. The van der Waals surface area contributed by atoms with Gasteiger partial charge in [0.2, 0.25) is 11.8 Å². The fraction of sp³-hybridized carbons (Fsp3) is 0.615. The van der Waals surface area contributed by atoms with Gasteiger partial charge in [-0.05, 0) is 32.4 Å². The molecule has 3 N–H and O–H groups in total. The van der Waals surface area contributed by atoms with Gasteiger partial charge in [-0.25, -0.2) is 0 Å². The minimum atomic E-state index is -0.349. The van der Waals surface area contributed by atoms with Crippen LogP contribution < -0.4 is 16.0 Å². The second-order valence-electron chi connectivity index (χ2n) is 5.34. The number of hydrogen-bond acceptors (Lipinski definition) is 5. The monoisotopic (exact) mass is 313 g/mol. The Morgan fingerprint density at radius 2 is 2.00 bits per heavy atom. The third-order valence-corrected chi connectivity index (χ3v) is 3.86. The number of piperidine rings is 2. The second-order valence-corrected chi connectivity index (χ2v) is 5.34. The molecule has 0 spiro atoms. The number of amides is 2. The minimum absolute atomic E-state index is 0. The summed E-state index contributed by atoms with van der Waals surface area (Å²) in [6.07, 6.45) is 6.74. The third-order valence-electron chi connectivity index (χ3n) is 3.86. The third kappa shape index (κ3) is 3.74. The van der Waals surface area contributed by atoms with Crippen LogP contribution in [0.5, 0.6) is 0 Å². The molecule has 7 nitrogen and oxygen atoms in total. The van der Waals surface area contributed by atoms with Crippen molar-refractivity contribution in [1.82, 2.24) is 20.4 Å². The van der Waals surface area contributed by atoms with Crippen LogP contribution in [0, 0.1) is 0 Å². The highest BCUT2D eigenvalue weighted by Gasteiger charge is 2.26. The standard InChI is InChI=1S/C13H19N5O2.ClH/c19-12-2-1-11(13(20)17-12)16-9-7-15-18(8-9)10-3-5-14-6-4-10;/h7-8,10-11,14,16H,1-6H2,(H,17,19,20);1H. The molecule has 0 bridgehead atoms. The first-order valence-corrected chi connectivity index (χ1v) is 7.07. The molecule has 116 valence electrons. The van der Waals surface area contributed by atoms with Crippen molar-refractivity contribution in [3.8, 4) is 0 Å². The van der Waals surface area contributed by atoms with Crippen molar-refractivity contribution in [3.63, 3.8) is 0 Å². The normalized spacial score (nSPS) is 23.3. The Balaban J connectivity index is 0.00000161. The lowest BCUT2D eigenvalue weighted by molar-refractivity contribution is -0.133. The molecule has 3 heterocycles. The predicted octanol–water partition coefficient (Wildman–Crippen LogP) is 0.446. The van der Waals surface area contributed by atoms with Crippen LogP contribution in [0.4, 0.5) is 5.69 Å². The van der Waals surface area contributed by atoms with E-state index in [9.17, 15) is 9.59 Å². The first-order chi connectivity index (χ1) is 9.72. The highest BCUT2D eigenvalue weighted by atomic mass is 35.5. The summed E-state index contributed by atoms with van der Waals surface area (Å²) in [6, 6.07) is 0.0759. The molecule has 21 heavy (non-hydrogen) atoms. The topological polar surface area (TPSA) is 88.1 Å². The zero-order chi connectivity index (χ0) is 13.9. The number of aromatic nitrogens is 2. The number of nitrogens with one attached hydrogen (secondary N) is 3. The number of rotatable bonds is 3. The largest absolute Gasteiger partial charge is 0.371 e. The number of carbonyl (C=O) groups is 2. The van der Waals surface area contributed by atoms with Gasteiger partial charge in [0.15, 0.2) is 0 Å². The molecule has 0 saturated carbocycles. The van der Waals surface area contributed by atoms with Crippen LogP contribution in [0.2, 0.25) is 0 Å². The van der Waals surface area contributed by atoms with E-state index < -0.39 is 0 Å². The maximum Gasteiger partial charge on any atom is 0.249 e. The fourth-order valence-corrected chi connectivity index (χ4v) is 2.72. The lowest BCUT2D eigenvalue weighted by Gasteiger charge is -2.23. The number of carbonyl (C=O) groups excluding carboxylic acids is 2. The predicted molar refractivity (Wildman–Crippen MR) is 80.4 cm³/mol. The zero-order valence-corrected chi connectivity index (χ0v) is 12.5. The van der Waals surface area contributed by atoms with Crippen molar-refractivity contribution < 1.29 is 9.59 Å². The van der Waals surface area contributed by atoms with Crippen LogP contribution in [0.1, 0.15) is 31.7 Å². The van der Waals surface area contributed by atoms with Crippen LogP contribution in [0.3, 0.4) is 0 Å². The van der Waals surface area contributed by atoms with Crippen LogP contribution in [-0.4, -0.2) is 40.7 Å². The quantitative estimate of drug-likeness (QED) is 0.705. The van der Waals surface area contributed by atoms with Crippen molar-refractivity contribution in [1.29, 1.82) is 0 Å². The maximum atomic E-state index is 11.7. The first kappa shape index (κ1) is 15.8. The summed E-state index contributed by atoms with van der Waals surface area (Å²) in [7, 11) is 0. The summed E-state index contributed by atoms with van der Waals surface area (Å²) in [5.41, 5.74) is 0.832. The lowest BCUT2D eigenvalue weighted by atomic mass is 10.1. The minimum Gasteiger partial charge on any atom is -0.371 e. The Morgan fingerprint density at radius 1 is 1.24 bits per heavy atom. The molecule has 1 atom stereocenters. The summed E-state index contributed by atoms with van der Waals surface area (Å²) in [5.74, 6) is -0.450. The summed E-state index contributed by atoms with van der Waals surface area (Å²) < 4.78 is 1.97. The van der Waals surface area contributed by atoms with Gasteiger partial charge in [0, 0.05) is 12.6 Å². The molecule has 2 aliphatic heterocycles. The van der Waals surface area contributed by atoms with E-state index in [1.807, 2.05) is 10.9 Å². The number of imide groups is 1. The van der Waals surface area contributed by atoms with Crippen molar-refractivity contribution in [2.75, 3.05) is 18.4 Å². The molecule has 2 aliphatic rings. The maximum absolute atomic E-state index is 11.7. The summed E-state index contributed by atoms with van der Waals surface area (Å²) in [4.78, 5) is 22.8. The smallest absolute Gasteiger partial charge is 0.249 e. The van der Waals surface area contributed by atoms with E-state index in [1.165, 1.54) is 0 Å². The summed E-state index contributed by atoms with van der Waals surface area (Å²) in [5, 5.41) is 13.2. The van der Waals surface area contributed by atoms with Crippen LogP contribution in [0.15, 0.2) is 12.4 Å². The lowest BCUT2D eigenvalue weighted by Crippen LogP contribution is -2.47. The van der Waals surface area contributed by atoms with Gasteiger partial charge < -0.3 is 10.6 Å². The van der Waals surface area contributed by atoms with Crippen LogP contribution in [0.25, 0.3) is 0 Å². The molecule has 2 fully saturated rings. The molecule has 0 aromatic carbocycles. The van der Waals surface area contributed by atoms with E-state index in [0.717, 1.165) is 31.6 Å². The van der Waals surface area contributed by atoms with Gasteiger partial charge in [-0.2, -0.15) is 5.10 Å². The van der Waals surface area contributed by atoms with Gasteiger partial charge in [-0.1, -0.05) is 0 Å². The van der Waals surface area contributed by atoms with Crippen molar-refractivity contribution in [2.45, 2.75) is 37.8 Å². The zero-order valence-electron chi connectivity index (χ0n) is 11.7. The van der Waals surface area contributed by atoms with Crippen molar-refractivity contribution >= 4 is 29.9 Å². The SMILES string of the molecule is Cl.O=C1CCC(Nc2cnn(C3CCNCC3)c2)C(=O)N1. The first-order valence-electron chi connectivity index (χ1n) is 7.07.